The summed E-state index contributed by atoms with van der Waals surface area (Å²) in [6.07, 6.45) is -3.85. The zero-order valence-corrected chi connectivity index (χ0v) is 15.7. The molecule has 0 heterocycles. The van der Waals surface area contributed by atoms with Crippen LogP contribution in [0.15, 0.2) is 0 Å². The van der Waals surface area contributed by atoms with Crippen LogP contribution in [-0.2, 0) is 20.7 Å². The molecular formula is C13H31FeO13. The van der Waals surface area contributed by atoms with Gasteiger partial charge in [-0.25, -0.2) is 0 Å². The second-order valence-corrected chi connectivity index (χ2v) is 4.88. The number of hydrogen-bond donors (Lipinski definition) is 11. The summed E-state index contributed by atoms with van der Waals surface area (Å²) in [7, 11) is 0. The van der Waals surface area contributed by atoms with Crippen LogP contribution < -0.4 is 0 Å². The van der Waals surface area contributed by atoms with E-state index in [4.69, 9.17) is 56.2 Å². The third kappa shape index (κ3) is 41.2. The Morgan fingerprint density at radius 3 is 0.926 bits per heavy atom. The molecule has 0 spiro atoms. The fourth-order valence-corrected chi connectivity index (χ4v) is 0.478. The van der Waals surface area contributed by atoms with Gasteiger partial charge < -0.3 is 46.0 Å². The molecule has 0 aromatic heterocycles. The summed E-state index contributed by atoms with van der Waals surface area (Å²) in [5.41, 5.74) is 0. The first kappa shape index (κ1) is 34.1. The number of carbonyl (C=O) groups is 1. The zero-order chi connectivity index (χ0) is 22.3. The van der Waals surface area contributed by atoms with E-state index in [1.165, 1.54) is 0 Å². The largest absolute Gasteiger partial charge is 0.394 e. The van der Waals surface area contributed by atoms with Gasteiger partial charge in [-0.1, -0.05) is 0 Å². The van der Waals surface area contributed by atoms with E-state index in [2.05, 4.69) is 20.7 Å². The predicted octanol–water partition coefficient (Wildman–Crippen LogP) is -5.98. The molecule has 11 N–H and O–H groups in total. The number of aliphatic hydroxyl groups is 11. The summed E-state index contributed by atoms with van der Waals surface area (Å²) >= 11 is 2.89. The Morgan fingerprint density at radius 1 is 0.593 bits per heavy atom. The van der Waals surface area contributed by atoms with Gasteiger partial charge in [0.15, 0.2) is 0 Å². The molecule has 13 nitrogen and oxygen atoms in total. The van der Waals surface area contributed by atoms with Gasteiger partial charge >= 0.3 is 59.9 Å². The molecule has 1 unspecified atom stereocenters. The van der Waals surface area contributed by atoms with E-state index in [-0.39, 0.29) is 46.2 Å². The Labute approximate surface area is 164 Å². The average molecular weight is 451 g/mol. The minimum atomic E-state index is -0.990. The van der Waals surface area contributed by atoms with Crippen LogP contribution in [0.5, 0.6) is 0 Å². The average Bonchev–Trinajstić information content (AvgIpc) is 2.71. The third-order valence-corrected chi connectivity index (χ3v) is 2.02. The van der Waals surface area contributed by atoms with Gasteiger partial charge in [0, 0.05) is 0 Å². The molecule has 0 saturated carbocycles. The molecule has 27 heavy (non-hydrogen) atoms. The van der Waals surface area contributed by atoms with Gasteiger partial charge in [0.2, 0.25) is 0 Å². The van der Waals surface area contributed by atoms with Crippen LogP contribution >= 0.6 is 0 Å². The third-order valence-electron chi connectivity index (χ3n) is 1.86. The minimum Gasteiger partial charge on any atom is -0.394 e. The second kappa shape index (κ2) is 27.8. The summed E-state index contributed by atoms with van der Waals surface area (Å²) in [5.74, 6) is 0. The van der Waals surface area contributed by atoms with Gasteiger partial charge in [0.05, 0.1) is 39.6 Å². The molecular weight excluding hydrogens is 420 g/mol. The number of carbonyl (C=O) groups excluding carboxylic acids is 1. The molecule has 0 rings (SSSR count). The van der Waals surface area contributed by atoms with Crippen LogP contribution in [-0.4, -0.2) is 138 Å². The summed E-state index contributed by atoms with van der Waals surface area (Å²) in [5, 5.41) is 88.8. The van der Waals surface area contributed by atoms with Gasteiger partial charge in [-0.2, -0.15) is 0 Å². The van der Waals surface area contributed by atoms with Gasteiger partial charge in [0.25, 0.3) is 0 Å². The molecule has 0 bridgehead atoms. The maximum Gasteiger partial charge on any atom is 0.100 e. The summed E-state index contributed by atoms with van der Waals surface area (Å²) in [4.78, 5) is 9.23. The van der Waals surface area contributed by atoms with Crippen LogP contribution in [0.25, 0.3) is 0 Å². The number of rotatable bonds is 9. The Morgan fingerprint density at radius 2 is 0.815 bits per heavy atom. The van der Waals surface area contributed by atoms with Gasteiger partial charge in [-0.05, 0) is 0 Å². The number of hydrogen-bond acceptors (Lipinski definition) is 13. The van der Waals surface area contributed by atoms with Crippen LogP contribution in [0.1, 0.15) is 0 Å². The van der Waals surface area contributed by atoms with Crippen molar-refractivity contribution in [2.75, 3.05) is 52.9 Å². The van der Waals surface area contributed by atoms with Crippen LogP contribution in [0.3, 0.4) is 0 Å². The topological polar surface area (TPSA) is 249 Å². The molecule has 14 heteroatoms. The summed E-state index contributed by atoms with van der Waals surface area (Å²) in [6, 6.07) is 0. The van der Waals surface area contributed by atoms with Crippen molar-refractivity contribution in [3.8, 4) is 0 Å². The van der Waals surface area contributed by atoms with E-state index in [1.807, 2.05) is 0 Å². The van der Waals surface area contributed by atoms with Crippen molar-refractivity contribution in [1.29, 1.82) is 0 Å². The molecule has 0 aliphatic heterocycles. The first-order valence-corrected chi connectivity index (χ1v) is 7.94. The Kier molecular flexibility index (Phi) is 35.0. The van der Waals surface area contributed by atoms with Crippen LogP contribution in [0.4, 0.5) is 4.79 Å². The van der Waals surface area contributed by atoms with Crippen molar-refractivity contribution in [1.82, 2.24) is 0 Å². The normalized spacial score (nSPS) is 10.9. The Balaban J connectivity index is -0.000000133. The maximum absolute atomic E-state index is 9.94. The van der Waals surface area contributed by atoms with Crippen molar-refractivity contribution in [2.45, 2.75) is 24.4 Å². The Hall–Kier alpha value is -0.451. The second-order valence-electron chi connectivity index (χ2n) is 4.43. The monoisotopic (exact) mass is 451 g/mol. The predicted molar refractivity (Wildman–Crippen MR) is 85.0 cm³/mol. The molecule has 0 radical (unpaired) electrons. The SMILES string of the molecule is O=[C]([Fe])OCC(O)CO.OCC(O)CO.OCC(O)CO.OCC(O)CO. The molecule has 169 valence electrons. The van der Waals surface area contributed by atoms with Gasteiger partial charge in [-0.3, -0.25) is 0 Å². The van der Waals surface area contributed by atoms with Crippen molar-refractivity contribution in [3.63, 3.8) is 0 Å². The van der Waals surface area contributed by atoms with Crippen LogP contribution in [0, 0.1) is 0 Å². The molecule has 1 atom stereocenters. The van der Waals surface area contributed by atoms with E-state index in [0.29, 0.717) is 0 Å². The van der Waals surface area contributed by atoms with Crippen molar-refractivity contribution in [3.05, 3.63) is 0 Å². The molecule has 0 amide bonds. The van der Waals surface area contributed by atoms with E-state index in [9.17, 15) is 4.79 Å². The first-order chi connectivity index (χ1) is 12.6. The maximum atomic E-state index is 9.94. The standard InChI is InChI=1S/C4H7O4.3C3H8O3.Fe/c5-1-4(7)2-8-3-6;3*4-1-3(6)2-5;/h4-5,7H,1-2H2;3*3-6H,1-2H2;. The van der Waals surface area contributed by atoms with E-state index >= 15 is 0 Å². The van der Waals surface area contributed by atoms with E-state index < -0.39 is 35.9 Å². The fourth-order valence-electron chi connectivity index (χ4n) is 0.386. The Bertz CT molecular complexity index is 249. The molecule has 0 saturated heterocycles. The fraction of sp³-hybridized carbons (Fsp3) is 0.923. The van der Waals surface area contributed by atoms with Crippen molar-refractivity contribution >= 4 is 4.87 Å². The summed E-state index contributed by atoms with van der Waals surface area (Å²) < 4.78 is 4.23. The number of ether oxygens (including phenoxy) is 1. The molecule has 0 aliphatic rings. The first-order valence-electron chi connectivity index (χ1n) is 7.39. The van der Waals surface area contributed by atoms with Gasteiger partial charge in [0.1, 0.15) is 18.3 Å². The molecule has 0 aliphatic carbocycles. The molecule has 0 fully saturated rings. The summed E-state index contributed by atoms with van der Waals surface area (Å²) in [6.45, 7) is -2.79. The van der Waals surface area contributed by atoms with Crippen molar-refractivity contribution < 1.29 is 81.7 Å². The van der Waals surface area contributed by atoms with Crippen molar-refractivity contribution in [2.24, 2.45) is 0 Å². The van der Waals surface area contributed by atoms with E-state index in [0.717, 1.165) is 0 Å². The quantitative estimate of drug-likeness (QED) is 0.146. The molecule has 0 aromatic carbocycles. The zero-order valence-electron chi connectivity index (χ0n) is 14.6. The number of aliphatic hydroxyl groups excluding tert-OH is 11. The molecule has 0 aromatic rings. The van der Waals surface area contributed by atoms with Crippen LogP contribution in [0.2, 0.25) is 0 Å². The minimum absolute atomic E-state index is 0.196. The van der Waals surface area contributed by atoms with Gasteiger partial charge in [-0.15, -0.1) is 0 Å². The smallest absolute Gasteiger partial charge is 0.100 e. The van der Waals surface area contributed by atoms with E-state index in [1.54, 1.807) is 0 Å².